The molecule has 0 spiro atoms. The zero-order chi connectivity index (χ0) is 12.5. The first-order chi connectivity index (χ1) is 8.10. The molecular formula is C13H15NO3. The summed E-state index contributed by atoms with van der Waals surface area (Å²) in [6.45, 7) is 0.371. The lowest BCUT2D eigenvalue weighted by atomic mass is 9.93. The number of carboxylic acid groups (broad SMARTS) is 1. The molecule has 1 aliphatic carbocycles. The minimum Gasteiger partial charge on any atom is -0.465 e. The van der Waals surface area contributed by atoms with Gasteiger partial charge in [0.2, 0.25) is 0 Å². The summed E-state index contributed by atoms with van der Waals surface area (Å²) in [5.74, 6) is -0.0632. The molecule has 1 fully saturated rings. The summed E-state index contributed by atoms with van der Waals surface area (Å²) in [6.07, 6.45) is 0.706. The van der Waals surface area contributed by atoms with Crippen LogP contribution >= 0.6 is 0 Å². The first kappa shape index (κ1) is 11.6. The number of aldehydes is 1. The second-order valence-corrected chi connectivity index (χ2v) is 4.61. The summed E-state index contributed by atoms with van der Waals surface area (Å²) in [4.78, 5) is 23.1. The van der Waals surface area contributed by atoms with Crippen molar-refractivity contribution < 1.29 is 14.7 Å². The predicted molar refractivity (Wildman–Crippen MR) is 62.9 cm³/mol. The molecule has 0 aromatic heterocycles. The van der Waals surface area contributed by atoms with Gasteiger partial charge in [0.15, 0.2) is 0 Å². The summed E-state index contributed by atoms with van der Waals surface area (Å²) in [5, 5.41) is 8.92. The van der Waals surface area contributed by atoms with E-state index >= 15 is 0 Å². The largest absolute Gasteiger partial charge is 0.465 e. The highest BCUT2D eigenvalue weighted by atomic mass is 16.4. The Bertz CT molecular complexity index is 432. The Morgan fingerprint density at radius 2 is 2.18 bits per heavy atom. The van der Waals surface area contributed by atoms with Gasteiger partial charge in [-0.1, -0.05) is 30.3 Å². The fourth-order valence-corrected chi connectivity index (χ4v) is 2.38. The number of hydrogen-bond acceptors (Lipinski definition) is 2. The van der Waals surface area contributed by atoms with E-state index in [2.05, 4.69) is 0 Å². The van der Waals surface area contributed by atoms with Crippen molar-refractivity contribution in [1.29, 1.82) is 0 Å². The number of amides is 1. The van der Waals surface area contributed by atoms with Gasteiger partial charge in [-0.3, -0.25) is 0 Å². The molecule has 4 heteroatoms. The summed E-state index contributed by atoms with van der Waals surface area (Å²) < 4.78 is 0. The van der Waals surface area contributed by atoms with Crippen molar-refractivity contribution in [2.45, 2.75) is 11.8 Å². The van der Waals surface area contributed by atoms with Crippen LogP contribution in [0.5, 0.6) is 0 Å². The molecule has 0 unspecified atom stereocenters. The van der Waals surface area contributed by atoms with E-state index in [4.69, 9.17) is 5.11 Å². The van der Waals surface area contributed by atoms with E-state index in [0.29, 0.717) is 6.54 Å². The van der Waals surface area contributed by atoms with Crippen LogP contribution in [0, 0.1) is 5.92 Å². The second-order valence-electron chi connectivity index (χ2n) is 4.61. The molecule has 1 N–H and O–H groups in total. The number of benzene rings is 1. The average Bonchev–Trinajstić information content (AvgIpc) is 3.05. The maximum atomic E-state index is 10.9. The smallest absolute Gasteiger partial charge is 0.407 e. The molecular weight excluding hydrogens is 218 g/mol. The minimum atomic E-state index is -0.961. The lowest BCUT2D eigenvalue weighted by Crippen LogP contribution is -2.34. The van der Waals surface area contributed by atoms with Crippen molar-refractivity contribution >= 4 is 12.4 Å². The van der Waals surface area contributed by atoms with Gasteiger partial charge in [0, 0.05) is 24.9 Å². The van der Waals surface area contributed by atoms with Gasteiger partial charge in [-0.2, -0.15) is 0 Å². The monoisotopic (exact) mass is 233 g/mol. The number of hydrogen-bond donors (Lipinski definition) is 1. The fourth-order valence-electron chi connectivity index (χ4n) is 2.38. The Balaban J connectivity index is 2.24. The third kappa shape index (κ3) is 2.02. The van der Waals surface area contributed by atoms with Gasteiger partial charge in [-0.15, -0.1) is 0 Å². The molecule has 1 saturated carbocycles. The van der Waals surface area contributed by atoms with Gasteiger partial charge in [0.25, 0.3) is 0 Å². The molecule has 4 nitrogen and oxygen atoms in total. The van der Waals surface area contributed by atoms with E-state index in [-0.39, 0.29) is 11.3 Å². The lowest BCUT2D eigenvalue weighted by Gasteiger charge is -2.22. The second kappa shape index (κ2) is 4.20. The van der Waals surface area contributed by atoms with Crippen LogP contribution in [0.4, 0.5) is 4.79 Å². The molecule has 1 aliphatic rings. The number of rotatable bonds is 4. The Hall–Kier alpha value is -1.84. The van der Waals surface area contributed by atoms with Crippen molar-refractivity contribution in [3.63, 3.8) is 0 Å². The SMILES string of the molecule is CN(C[C@]1(c2ccccc2)C[C@@H]1C=O)C(=O)O. The third-order valence-electron chi connectivity index (χ3n) is 3.49. The topological polar surface area (TPSA) is 57.6 Å². The highest BCUT2D eigenvalue weighted by Crippen LogP contribution is 2.53. The Morgan fingerprint density at radius 3 is 2.65 bits per heavy atom. The van der Waals surface area contributed by atoms with Crippen molar-refractivity contribution in [3.05, 3.63) is 35.9 Å². The van der Waals surface area contributed by atoms with E-state index in [1.54, 1.807) is 0 Å². The maximum Gasteiger partial charge on any atom is 0.407 e. The fraction of sp³-hybridized carbons (Fsp3) is 0.385. The summed E-state index contributed by atoms with van der Waals surface area (Å²) in [5.41, 5.74) is 0.737. The molecule has 90 valence electrons. The normalized spacial score (nSPS) is 26.3. The van der Waals surface area contributed by atoms with Crippen LogP contribution in [-0.2, 0) is 10.2 Å². The molecule has 2 atom stereocenters. The molecule has 1 aromatic carbocycles. The summed E-state index contributed by atoms with van der Waals surface area (Å²) in [7, 11) is 1.53. The van der Waals surface area contributed by atoms with E-state index in [0.717, 1.165) is 18.3 Å². The van der Waals surface area contributed by atoms with Gasteiger partial charge in [-0.25, -0.2) is 4.79 Å². The molecule has 0 saturated heterocycles. The quantitative estimate of drug-likeness (QED) is 0.806. The van der Waals surface area contributed by atoms with Gasteiger partial charge in [-0.05, 0) is 12.0 Å². The van der Waals surface area contributed by atoms with E-state index in [1.165, 1.54) is 11.9 Å². The van der Waals surface area contributed by atoms with Gasteiger partial charge >= 0.3 is 6.09 Å². The van der Waals surface area contributed by atoms with Crippen LogP contribution < -0.4 is 0 Å². The number of likely N-dealkylation sites (N-methyl/N-ethyl adjacent to an activating group) is 1. The summed E-state index contributed by atoms with van der Waals surface area (Å²) in [6, 6.07) is 9.66. The first-order valence-corrected chi connectivity index (χ1v) is 5.55. The van der Waals surface area contributed by atoms with Crippen LogP contribution in [0.15, 0.2) is 30.3 Å². The van der Waals surface area contributed by atoms with Gasteiger partial charge < -0.3 is 14.8 Å². The maximum absolute atomic E-state index is 10.9. The highest BCUT2D eigenvalue weighted by molar-refractivity contribution is 5.68. The molecule has 0 aliphatic heterocycles. The number of carbonyl (C=O) groups excluding carboxylic acids is 1. The molecule has 1 aromatic rings. The van der Waals surface area contributed by atoms with Crippen molar-refractivity contribution in [1.82, 2.24) is 4.90 Å². The molecule has 0 heterocycles. The zero-order valence-corrected chi connectivity index (χ0v) is 9.67. The lowest BCUT2D eigenvalue weighted by molar-refractivity contribution is -0.109. The Labute approximate surface area is 99.9 Å². The average molecular weight is 233 g/mol. The van der Waals surface area contributed by atoms with Crippen molar-refractivity contribution in [3.8, 4) is 0 Å². The Kier molecular flexibility index (Phi) is 2.88. The van der Waals surface area contributed by atoms with Gasteiger partial charge in [0.1, 0.15) is 6.29 Å². The highest BCUT2D eigenvalue weighted by Gasteiger charge is 2.56. The molecule has 17 heavy (non-hydrogen) atoms. The molecule has 0 radical (unpaired) electrons. The van der Waals surface area contributed by atoms with Crippen LogP contribution in [-0.4, -0.2) is 36.0 Å². The molecule has 1 amide bonds. The van der Waals surface area contributed by atoms with E-state index in [9.17, 15) is 9.59 Å². The third-order valence-corrected chi connectivity index (χ3v) is 3.49. The van der Waals surface area contributed by atoms with Crippen molar-refractivity contribution in [2.24, 2.45) is 5.92 Å². The van der Waals surface area contributed by atoms with Crippen LogP contribution in [0.25, 0.3) is 0 Å². The first-order valence-electron chi connectivity index (χ1n) is 5.55. The van der Waals surface area contributed by atoms with E-state index < -0.39 is 6.09 Å². The van der Waals surface area contributed by atoms with Crippen LogP contribution in [0.3, 0.4) is 0 Å². The van der Waals surface area contributed by atoms with E-state index in [1.807, 2.05) is 30.3 Å². The Morgan fingerprint density at radius 1 is 1.53 bits per heavy atom. The summed E-state index contributed by atoms with van der Waals surface area (Å²) >= 11 is 0. The van der Waals surface area contributed by atoms with Crippen molar-refractivity contribution in [2.75, 3.05) is 13.6 Å². The standard InChI is InChI=1S/C13H15NO3/c1-14(12(16)17)9-13(7-11(13)8-15)10-5-3-2-4-6-10/h2-6,8,11H,7,9H2,1H3,(H,16,17)/t11-,13+/m1/s1. The molecule has 2 rings (SSSR count). The van der Waals surface area contributed by atoms with Crippen LogP contribution in [0.2, 0.25) is 0 Å². The minimum absolute atomic E-state index is 0.0632. The number of nitrogens with zero attached hydrogens (tertiary/aromatic N) is 1. The van der Waals surface area contributed by atoms with Gasteiger partial charge in [0.05, 0.1) is 0 Å². The molecule has 0 bridgehead atoms. The zero-order valence-electron chi connectivity index (χ0n) is 9.67. The predicted octanol–water partition coefficient (Wildman–Crippen LogP) is 1.75. The number of carbonyl (C=O) groups is 2. The van der Waals surface area contributed by atoms with Crippen LogP contribution in [0.1, 0.15) is 12.0 Å².